The zero-order valence-electron chi connectivity index (χ0n) is 19.9. The maximum absolute atomic E-state index is 14.8. The lowest BCUT2D eigenvalue weighted by atomic mass is 10.0. The summed E-state index contributed by atoms with van der Waals surface area (Å²) in [4.78, 5) is 21.5. The third-order valence-electron chi connectivity index (χ3n) is 6.43. The van der Waals surface area contributed by atoms with Gasteiger partial charge in [-0.2, -0.15) is 8.42 Å². The van der Waals surface area contributed by atoms with E-state index in [2.05, 4.69) is 42.3 Å². The summed E-state index contributed by atoms with van der Waals surface area (Å²) in [6.45, 7) is 1.60. The van der Waals surface area contributed by atoms with Crippen molar-refractivity contribution in [2.45, 2.75) is 44.1 Å². The van der Waals surface area contributed by atoms with Gasteiger partial charge < -0.3 is 15.0 Å². The van der Waals surface area contributed by atoms with Gasteiger partial charge in [0, 0.05) is 34.5 Å². The number of aliphatic hydroxyl groups is 1. The number of rotatable bonds is 10. The van der Waals surface area contributed by atoms with Crippen LogP contribution in [0.15, 0.2) is 59.7 Å². The molecule has 13 heteroatoms. The van der Waals surface area contributed by atoms with E-state index < -0.39 is 41.1 Å². The monoisotopic (exact) mass is 595 g/mol. The van der Waals surface area contributed by atoms with E-state index >= 15 is 0 Å². The third kappa shape index (κ3) is 6.41. The number of aromatic nitrogens is 3. The first-order valence-corrected chi connectivity index (χ1v) is 13.9. The number of hydrogen-bond acceptors (Lipinski definition) is 8. The molecule has 1 aliphatic carbocycles. The summed E-state index contributed by atoms with van der Waals surface area (Å²) in [5, 5.41) is 17.9. The Morgan fingerprint density at radius 3 is 2.89 bits per heavy atom. The van der Waals surface area contributed by atoms with E-state index in [9.17, 15) is 22.7 Å². The normalized spacial score (nSPS) is 22.6. The van der Waals surface area contributed by atoms with Crippen LogP contribution in [-0.2, 0) is 14.5 Å². The topological polar surface area (TPSA) is 149 Å². The zero-order chi connectivity index (χ0) is 26.7. The Kier molecular flexibility index (Phi) is 8.39. The number of benzene rings is 1. The molecule has 2 aromatic heterocycles. The molecule has 198 valence electrons. The molecule has 4 N–H and O–H groups in total. The first-order chi connectivity index (χ1) is 17.6. The third-order valence-corrected chi connectivity index (χ3v) is 7.39. The van der Waals surface area contributed by atoms with Crippen molar-refractivity contribution >= 4 is 37.8 Å². The summed E-state index contributed by atoms with van der Waals surface area (Å²) < 4.78 is 44.4. The molecule has 4 rings (SSSR count). The van der Waals surface area contributed by atoms with Crippen molar-refractivity contribution in [3.63, 3.8) is 0 Å². The minimum atomic E-state index is -4.23. The van der Waals surface area contributed by atoms with Crippen LogP contribution in [0.5, 0.6) is 0 Å². The number of hydrogen-bond donors (Lipinski definition) is 3. The number of alkyl halides is 1. The Bertz CT molecular complexity index is 1370. The zero-order valence-corrected chi connectivity index (χ0v) is 22.3. The fourth-order valence-corrected chi connectivity index (χ4v) is 5.38. The summed E-state index contributed by atoms with van der Waals surface area (Å²) in [6.07, 6.45) is 3.79. The number of aliphatic hydroxyl groups excluding tert-OH is 1. The summed E-state index contributed by atoms with van der Waals surface area (Å²) >= 11 is 3.50. The van der Waals surface area contributed by atoms with Gasteiger partial charge in [0.2, 0.25) is 0 Å². The van der Waals surface area contributed by atoms with Gasteiger partial charge in [-0.25, -0.2) is 19.5 Å². The lowest BCUT2D eigenvalue weighted by Crippen LogP contribution is -2.33. The van der Waals surface area contributed by atoms with E-state index in [4.69, 9.17) is 5.14 Å². The van der Waals surface area contributed by atoms with Gasteiger partial charge in [-0.05, 0) is 36.6 Å². The maximum Gasteiger partial charge on any atom is 0.333 e. The fourth-order valence-electron chi connectivity index (χ4n) is 4.60. The molecular formula is C24H27BrFN5O5S. The van der Waals surface area contributed by atoms with E-state index in [1.54, 1.807) is 12.3 Å². The number of nitrogens with zero attached hydrogens (tertiary/aromatic N) is 3. The number of carbonyl (C=O) groups is 1. The minimum Gasteiger partial charge on any atom is -0.390 e. The second kappa shape index (κ2) is 11.4. The predicted octanol–water partition coefficient (Wildman–Crippen LogP) is 2.99. The molecule has 5 atom stereocenters. The first-order valence-electron chi connectivity index (χ1n) is 11.6. The number of anilines is 1. The van der Waals surface area contributed by atoms with Crippen LogP contribution < -0.4 is 10.5 Å². The molecule has 3 aromatic rings. The first kappa shape index (κ1) is 27.3. The van der Waals surface area contributed by atoms with E-state index in [0.717, 1.165) is 16.5 Å². The van der Waals surface area contributed by atoms with Crippen molar-refractivity contribution in [3.05, 3.63) is 76.4 Å². The van der Waals surface area contributed by atoms with Crippen molar-refractivity contribution in [2.24, 2.45) is 11.1 Å². The van der Waals surface area contributed by atoms with Gasteiger partial charge in [-0.1, -0.05) is 35.0 Å². The van der Waals surface area contributed by atoms with Crippen LogP contribution in [0, 0.1) is 5.92 Å². The Morgan fingerprint density at radius 1 is 1.41 bits per heavy atom. The molecular weight excluding hydrogens is 569 g/mol. The largest absolute Gasteiger partial charge is 0.390 e. The van der Waals surface area contributed by atoms with Crippen molar-refractivity contribution in [3.8, 4) is 0 Å². The average molecular weight is 596 g/mol. The van der Waals surface area contributed by atoms with Gasteiger partial charge >= 0.3 is 10.3 Å². The van der Waals surface area contributed by atoms with Crippen LogP contribution in [0.3, 0.4) is 0 Å². The van der Waals surface area contributed by atoms with Crippen LogP contribution >= 0.6 is 15.9 Å². The molecule has 37 heavy (non-hydrogen) atoms. The molecule has 0 aliphatic heterocycles. The highest BCUT2D eigenvalue weighted by Gasteiger charge is 2.44. The van der Waals surface area contributed by atoms with Gasteiger partial charge in [0.05, 0.1) is 30.4 Å². The summed E-state index contributed by atoms with van der Waals surface area (Å²) in [7, 11) is -4.23. The van der Waals surface area contributed by atoms with Crippen molar-refractivity contribution in [2.75, 3.05) is 11.9 Å². The van der Waals surface area contributed by atoms with Crippen LogP contribution in [0.4, 0.5) is 10.2 Å². The highest BCUT2D eigenvalue weighted by Crippen LogP contribution is 2.33. The lowest BCUT2D eigenvalue weighted by Gasteiger charge is -2.18. The molecule has 1 aliphatic rings. The molecule has 0 radical (unpaired) electrons. The van der Waals surface area contributed by atoms with Gasteiger partial charge in [0.25, 0.3) is 0 Å². The molecule has 2 heterocycles. The van der Waals surface area contributed by atoms with Crippen LogP contribution in [0.1, 0.15) is 47.3 Å². The van der Waals surface area contributed by atoms with Crippen molar-refractivity contribution < 1.29 is 26.9 Å². The smallest absolute Gasteiger partial charge is 0.333 e. The van der Waals surface area contributed by atoms with E-state index in [0.29, 0.717) is 5.56 Å². The predicted molar refractivity (Wildman–Crippen MR) is 138 cm³/mol. The minimum absolute atomic E-state index is 0.0208. The Labute approximate surface area is 222 Å². The quantitative estimate of drug-likeness (QED) is 0.303. The lowest BCUT2D eigenvalue weighted by molar-refractivity contribution is 0.0501. The van der Waals surface area contributed by atoms with Gasteiger partial charge in [-0.3, -0.25) is 8.98 Å². The summed E-state index contributed by atoms with van der Waals surface area (Å²) in [5.74, 6) is -1.06. The highest BCUT2D eigenvalue weighted by molar-refractivity contribution is 9.10. The van der Waals surface area contributed by atoms with Crippen molar-refractivity contribution in [1.29, 1.82) is 0 Å². The molecule has 0 saturated heterocycles. The standard InChI is InChI=1S/C24H27BrFN5O5S/c1-2-20(14-4-3-5-17(25)8-14)31-7-6-15(11-31)22(32)18-10-28-13-29-24(18)30-19-9-16(23(33)21(19)26)12-36-37(27,34)35/h3-8,10-11,13,16,19-21,23,33H,2,9,12H2,1H3,(H2,27,34,35)(H,28,29,30)/t16-,19-,20+,21-,23-/m1/s1. The Hall–Kier alpha value is -2.71. The Balaban J connectivity index is 1.52. The van der Waals surface area contributed by atoms with Gasteiger partial charge in [0.1, 0.15) is 18.3 Å². The van der Waals surface area contributed by atoms with Crippen molar-refractivity contribution in [1.82, 2.24) is 14.5 Å². The van der Waals surface area contributed by atoms with Crippen LogP contribution in [-0.4, -0.2) is 58.8 Å². The van der Waals surface area contributed by atoms with E-state index in [-0.39, 0.29) is 29.6 Å². The SMILES string of the molecule is CC[C@@H](c1cccc(Br)c1)n1ccc(C(=O)c2cncnc2N[C@@H]2C[C@H](COS(N)(=O)=O)[C@@H](O)[C@@H]2F)c1. The Morgan fingerprint density at radius 2 is 2.19 bits per heavy atom. The van der Waals surface area contributed by atoms with Crippen LogP contribution in [0.25, 0.3) is 0 Å². The van der Waals surface area contributed by atoms with Gasteiger partial charge in [0.15, 0.2) is 5.78 Å². The molecule has 1 saturated carbocycles. The number of ketones is 1. The molecule has 10 nitrogen and oxygen atoms in total. The summed E-state index contributed by atoms with van der Waals surface area (Å²) in [5.41, 5.74) is 1.64. The van der Waals surface area contributed by atoms with Gasteiger partial charge in [-0.15, -0.1) is 0 Å². The second-order valence-corrected chi connectivity index (χ2v) is 11.0. The average Bonchev–Trinajstić information content (AvgIpc) is 3.44. The van der Waals surface area contributed by atoms with Crippen LogP contribution in [0.2, 0.25) is 0 Å². The summed E-state index contributed by atoms with van der Waals surface area (Å²) in [6, 6.07) is 8.76. The molecule has 0 spiro atoms. The van der Waals surface area contributed by atoms with E-state index in [1.807, 2.05) is 35.0 Å². The molecule has 0 bridgehead atoms. The number of carbonyl (C=O) groups excluding carboxylic acids is 1. The number of nitrogens with two attached hydrogens (primary N) is 1. The molecule has 1 aromatic carbocycles. The van der Waals surface area contributed by atoms with E-state index in [1.165, 1.54) is 12.5 Å². The fraction of sp³-hybridized carbons (Fsp3) is 0.375. The number of nitrogens with one attached hydrogen (secondary N) is 1. The molecule has 0 unspecified atom stereocenters. The highest BCUT2D eigenvalue weighted by atomic mass is 79.9. The number of halogens is 2. The molecule has 1 fully saturated rings. The maximum atomic E-state index is 14.8. The second-order valence-electron chi connectivity index (χ2n) is 8.90. The molecule has 0 amide bonds.